The van der Waals surface area contributed by atoms with E-state index in [1.165, 1.54) is 24.3 Å². The van der Waals surface area contributed by atoms with Crippen molar-refractivity contribution in [1.29, 1.82) is 0 Å². The van der Waals surface area contributed by atoms with Gasteiger partial charge in [0.2, 0.25) is 0 Å². The molecule has 5 heteroatoms. The van der Waals surface area contributed by atoms with E-state index in [1.54, 1.807) is 4.90 Å². The first-order valence-corrected chi connectivity index (χ1v) is 5.83. The number of carbonyl (C=O) groups is 2. The molecule has 0 aromatic heterocycles. The zero-order valence-corrected chi connectivity index (χ0v) is 10.3. The van der Waals surface area contributed by atoms with Gasteiger partial charge in [-0.3, -0.25) is 4.79 Å². The summed E-state index contributed by atoms with van der Waals surface area (Å²) in [6.45, 7) is 2.72. The molecule has 0 radical (unpaired) electrons. The molecule has 0 spiro atoms. The van der Waals surface area contributed by atoms with E-state index >= 15 is 0 Å². The van der Waals surface area contributed by atoms with Gasteiger partial charge in [0.1, 0.15) is 0 Å². The van der Waals surface area contributed by atoms with E-state index in [4.69, 9.17) is 10.2 Å². The molecule has 18 heavy (non-hydrogen) atoms. The fourth-order valence-corrected chi connectivity index (χ4v) is 1.64. The Balaban J connectivity index is 2.84. The molecule has 1 amide bonds. The maximum absolute atomic E-state index is 12.1. The summed E-state index contributed by atoms with van der Waals surface area (Å²) >= 11 is 0. The molecule has 2 N–H and O–H groups in total. The maximum Gasteiger partial charge on any atom is 0.335 e. The summed E-state index contributed by atoms with van der Waals surface area (Å²) in [6.07, 6.45) is 0.805. The van der Waals surface area contributed by atoms with Gasteiger partial charge in [-0.05, 0) is 30.7 Å². The van der Waals surface area contributed by atoms with Gasteiger partial charge in [-0.15, -0.1) is 0 Å². The normalized spacial score (nSPS) is 10.1. The Morgan fingerprint density at radius 1 is 1.11 bits per heavy atom. The number of carboxylic acids is 1. The highest BCUT2D eigenvalue weighted by Gasteiger charge is 2.14. The minimum Gasteiger partial charge on any atom is -0.478 e. The summed E-state index contributed by atoms with van der Waals surface area (Å²) in [5, 5.41) is 17.7. The summed E-state index contributed by atoms with van der Waals surface area (Å²) in [7, 11) is 0. The number of rotatable bonds is 6. The number of benzene rings is 1. The van der Waals surface area contributed by atoms with Gasteiger partial charge in [-0.2, -0.15) is 0 Å². The van der Waals surface area contributed by atoms with Crippen LogP contribution in [0.5, 0.6) is 0 Å². The fraction of sp³-hybridized carbons (Fsp3) is 0.385. The van der Waals surface area contributed by atoms with E-state index in [0.29, 0.717) is 12.1 Å². The molecule has 5 nitrogen and oxygen atoms in total. The minimum absolute atomic E-state index is 0.0844. The Kier molecular flexibility index (Phi) is 5.32. The second-order valence-corrected chi connectivity index (χ2v) is 3.90. The Hall–Kier alpha value is -1.88. The van der Waals surface area contributed by atoms with Gasteiger partial charge in [0.25, 0.3) is 5.91 Å². The van der Waals surface area contributed by atoms with Crippen LogP contribution in [-0.4, -0.2) is 46.7 Å². The Labute approximate surface area is 106 Å². The third-order valence-corrected chi connectivity index (χ3v) is 2.53. The molecule has 1 rings (SSSR count). The van der Waals surface area contributed by atoms with Gasteiger partial charge in [0, 0.05) is 18.7 Å². The molecule has 0 bridgehead atoms. The number of aromatic carboxylic acids is 1. The molecule has 1 aromatic rings. The standard InChI is InChI=1S/C13H17NO4/c1-2-7-14(8-9-15)12(16)10-3-5-11(6-4-10)13(17)18/h3-6,15H,2,7-9H2,1H3,(H,17,18). The number of aliphatic hydroxyl groups excluding tert-OH is 1. The van der Waals surface area contributed by atoms with Gasteiger partial charge >= 0.3 is 5.97 Å². The quantitative estimate of drug-likeness (QED) is 0.797. The van der Waals surface area contributed by atoms with Crippen LogP contribution in [0, 0.1) is 0 Å². The van der Waals surface area contributed by atoms with Crippen LogP contribution >= 0.6 is 0 Å². The summed E-state index contributed by atoms with van der Waals surface area (Å²) in [6, 6.07) is 5.79. The smallest absolute Gasteiger partial charge is 0.335 e. The summed E-state index contributed by atoms with van der Waals surface area (Å²) in [5.74, 6) is -1.21. The van der Waals surface area contributed by atoms with E-state index in [1.807, 2.05) is 6.92 Å². The molecular formula is C13H17NO4. The third-order valence-electron chi connectivity index (χ3n) is 2.53. The molecule has 0 aliphatic rings. The van der Waals surface area contributed by atoms with Crippen LogP contribution in [0.4, 0.5) is 0 Å². The van der Waals surface area contributed by atoms with Crippen molar-refractivity contribution in [3.05, 3.63) is 35.4 Å². The highest BCUT2D eigenvalue weighted by molar-refractivity contribution is 5.95. The Morgan fingerprint density at radius 3 is 2.11 bits per heavy atom. The lowest BCUT2D eigenvalue weighted by Gasteiger charge is -2.21. The van der Waals surface area contributed by atoms with Crippen LogP contribution in [0.1, 0.15) is 34.1 Å². The van der Waals surface area contributed by atoms with Gasteiger partial charge in [-0.25, -0.2) is 4.79 Å². The van der Waals surface area contributed by atoms with Crippen LogP contribution < -0.4 is 0 Å². The van der Waals surface area contributed by atoms with E-state index < -0.39 is 5.97 Å². The average molecular weight is 251 g/mol. The summed E-state index contributed by atoms with van der Waals surface area (Å²) < 4.78 is 0. The predicted molar refractivity (Wildman–Crippen MR) is 66.7 cm³/mol. The molecule has 0 aliphatic heterocycles. The Bertz CT molecular complexity index is 408. The largest absolute Gasteiger partial charge is 0.478 e. The second kappa shape index (κ2) is 6.76. The van der Waals surface area contributed by atoms with Gasteiger partial charge in [0.15, 0.2) is 0 Å². The van der Waals surface area contributed by atoms with Crippen LogP contribution in [0.3, 0.4) is 0 Å². The van der Waals surface area contributed by atoms with Crippen LogP contribution in [-0.2, 0) is 0 Å². The van der Waals surface area contributed by atoms with E-state index in [2.05, 4.69) is 0 Å². The topological polar surface area (TPSA) is 77.8 Å². The average Bonchev–Trinajstić information content (AvgIpc) is 2.38. The van der Waals surface area contributed by atoms with Crippen molar-refractivity contribution in [2.45, 2.75) is 13.3 Å². The first-order chi connectivity index (χ1) is 8.60. The molecule has 1 aromatic carbocycles. The van der Waals surface area contributed by atoms with Crippen LogP contribution in [0.25, 0.3) is 0 Å². The predicted octanol–water partition coefficient (Wildman–Crippen LogP) is 1.23. The zero-order chi connectivity index (χ0) is 13.5. The molecule has 98 valence electrons. The van der Waals surface area contributed by atoms with Crippen molar-refractivity contribution < 1.29 is 19.8 Å². The van der Waals surface area contributed by atoms with Crippen molar-refractivity contribution in [2.24, 2.45) is 0 Å². The number of aliphatic hydroxyl groups is 1. The van der Waals surface area contributed by atoms with Crippen LogP contribution in [0.2, 0.25) is 0 Å². The van der Waals surface area contributed by atoms with Crippen LogP contribution in [0.15, 0.2) is 24.3 Å². The number of carbonyl (C=O) groups excluding carboxylic acids is 1. The highest BCUT2D eigenvalue weighted by Crippen LogP contribution is 2.08. The number of carboxylic acid groups (broad SMARTS) is 1. The zero-order valence-electron chi connectivity index (χ0n) is 10.3. The molecule has 0 aliphatic carbocycles. The highest BCUT2D eigenvalue weighted by atomic mass is 16.4. The van der Waals surface area contributed by atoms with Crippen molar-refractivity contribution >= 4 is 11.9 Å². The first kappa shape index (κ1) is 14.2. The van der Waals surface area contributed by atoms with Crippen molar-refractivity contribution in [3.8, 4) is 0 Å². The molecule has 0 saturated carbocycles. The van der Waals surface area contributed by atoms with Gasteiger partial charge in [0.05, 0.1) is 12.2 Å². The molecular weight excluding hydrogens is 234 g/mol. The second-order valence-electron chi connectivity index (χ2n) is 3.90. The molecule has 0 saturated heterocycles. The lowest BCUT2D eigenvalue weighted by Crippen LogP contribution is -2.34. The van der Waals surface area contributed by atoms with E-state index in [0.717, 1.165) is 6.42 Å². The van der Waals surface area contributed by atoms with E-state index in [9.17, 15) is 9.59 Å². The molecule has 0 atom stereocenters. The number of hydrogen-bond acceptors (Lipinski definition) is 3. The number of nitrogens with zero attached hydrogens (tertiary/aromatic N) is 1. The summed E-state index contributed by atoms with van der Waals surface area (Å²) in [4.78, 5) is 24.3. The lowest BCUT2D eigenvalue weighted by molar-refractivity contribution is 0.0691. The monoisotopic (exact) mass is 251 g/mol. The number of amides is 1. The summed E-state index contributed by atoms with van der Waals surface area (Å²) in [5.41, 5.74) is 0.581. The van der Waals surface area contributed by atoms with Gasteiger partial charge < -0.3 is 15.1 Å². The lowest BCUT2D eigenvalue weighted by atomic mass is 10.1. The van der Waals surface area contributed by atoms with Crippen molar-refractivity contribution in [2.75, 3.05) is 19.7 Å². The minimum atomic E-state index is -1.02. The van der Waals surface area contributed by atoms with Crippen molar-refractivity contribution in [3.63, 3.8) is 0 Å². The fourth-order valence-electron chi connectivity index (χ4n) is 1.64. The number of hydrogen-bond donors (Lipinski definition) is 2. The molecule has 0 fully saturated rings. The molecule has 0 unspecified atom stereocenters. The van der Waals surface area contributed by atoms with Gasteiger partial charge in [-0.1, -0.05) is 6.92 Å². The van der Waals surface area contributed by atoms with E-state index in [-0.39, 0.29) is 24.6 Å². The maximum atomic E-state index is 12.1. The third kappa shape index (κ3) is 3.56. The first-order valence-electron chi connectivity index (χ1n) is 5.83. The Morgan fingerprint density at radius 2 is 1.67 bits per heavy atom. The SMILES string of the molecule is CCCN(CCO)C(=O)c1ccc(C(=O)O)cc1. The molecule has 0 heterocycles. The van der Waals surface area contributed by atoms with Crippen molar-refractivity contribution in [1.82, 2.24) is 4.90 Å².